The van der Waals surface area contributed by atoms with Gasteiger partial charge >= 0.3 is 0 Å². The van der Waals surface area contributed by atoms with E-state index >= 15 is 0 Å². The number of nitrogens with one attached hydrogen (secondary N) is 1. The van der Waals surface area contributed by atoms with Gasteiger partial charge in [0.05, 0.1) is 22.8 Å². The average Bonchev–Trinajstić information content (AvgIpc) is 3.32. The molecule has 5 rings (SSSR count). The number of anilines is 1. The Kier molecular flexibility index (Phi) is 5.82. The Morgan fingerprint density at radius 1 is 1.29 bits per heavy atom. The summed E-state index contributed by atoms with van der Waals surface area (Å²) in [5.74, 6) is 1.24. The highest BCUT2D eigenvalue weighted by molar-refractivity contribution is 9.10. The zero-order valence-corrected chi connectivity index (χ0v) is 19.2. The molecule has 8 heteroatoms. The van der Waals surface area contributed by atoms with Crippen molar-refractivity contribution in [3.63, 3.8) is 0 Å². The van der Waals surface area contributed by atoms with Gasteiger partial charge in [0, 0.05) is 22.0 Å². The SMILES string of the molecule is O=C(Nc1nn(CCCCC2CC2)c2nc(-c3cc[c]cc3)c(Br)cc12)c1cnsc1. The number of fused-ring (bicyclic) bond motifs is 1. The van der Waals surface area contributed by atoms with Gasteiger partial charge in [-0.2, -0.15) is 5.10 Å². The highest BCUT2D eigenvalue weighted by Crippen LogP contribution is 2.35. The molecule has 31 heavy (non-hydrogen) atoms. The summed E-state index contributed by atoms with van der Waals surface area (Å²) in [5.41, 5.74) is 3.15. The molecule has 4 aromatic rings. The van der Waals surface area contributed by atoms with E-state index in [1.54, 1.807) is 11.6 Å². The Labute approximate surface area is 193 Å². The van der Waals surface area contributed by atoms with Gasteiger partial charge in [0.1, 0.15) is 0 Å². The van der Waals surface area contributed by atoms with Crippen molar-refractivity contribution in [1.82, 2.24) is 19.1 Å². The van der Waals surface area contributed by atoms with Crippen LogP contribution in [-0.2, 0) is 6.54 Å². The molecule has 0 atom stereocenters. The van der Waals surface area contributed by atoms with E-state index < -0.39 is 0 Å². The molecule has 0 spiro atoms. The van der Waals surface area contributed by atoms with Gasteiger partial charge in [0.2, 0.25) is 0 Å². The quantitative estimate of drug-likeness (QED) is 0.307. The third-order valence-electron chi connectivity index (χ3n) is 5.52. The third kappa shape index (κ3) is 4.55. The molecule has 6 nitrogen and oxygen atoms in total. The number of unbranched alkanes of at least 4 members (excludes halogenated alkanes) is 1. The number of hydrogen-bond donors (Lipinski definition) is 1. The molecule has 3 aromatic heterocycles. The van der Waals surface area contributed by atoms with Gasteiger partial charge in [-0.15, -0.1) is 0 Å². The number of pyridine rings is 1. The first-order valence-electron chi connectivity index (χ1n) is 10.4. The summed E-state index contributed by atoms with van der Waals surface area (Å²) >= 11 is 4.91. The maximum Gasteiger partial charge on any atom is 0.259 e. The van der Waals surface area contributed by atoms with E-state index in [9.17, 15) is 4.79 Å². The third-order valence-corrected chi connectivity index (χ3v) is 6.71. The summed E-state index contributed by atoms with van der Waals surface area (Å²) in [7, 11) is 0. The average molecular weight is 495 g/mol. The lowest BCUT2D eigenvalue weighted by Gasteiger charge is -2.07. The lowest BCUT2D eigenvalue weighted by atomic mass is 10.1. The summed E-state index contributed by atoms with van der Waals surface area (Å²) < 4.78 is 6.79. The van der Waals surface area contributed by atoms with Crippen LogP contribution in [0.5, 0.6) is 0 Å². The highest BCUT2D eigenvalue weighted by atomic mass is 79.9. The van der Waals surface area contributed by atoms with Crippen molar-refractivity contribution in [2.75, 3.05) is 5.32 Å². The van der Waals surface area contributed by atoms with Crippen LogP contribution in [0, 0.1) is 12.0 Å². The van der Waals surface area contributed by atoms with Crippen molar-refractivity contribution < 1.29 is 4.79 Å². The maximum absolute atomic E-state index is 12.6. The largest absolute Gasteiger partial charge is 0.304 e. The molecular weight excluding hydrogens is 474 g/mol. The van der Waals surface area contributed by atoms with Crippen LogP contribution in [0.2, 0.25) is 0 Å². The summed E-state index contributed by atoms with van der Waals surface area (Å²) in [6.45, 7) is 0.774. The zero-order chi connectivity index (χ0) is 21.2. The second-order valence-corrected chi connectivity index (χ2v) is 9.37. The molecule has 0 bridgehead atoms. The van der Waals surface area contributed by atoms with Crippen LogP contribution in [-0.4, -0.2) is 25.0 Å². The molecule has 1 fully saturated rings. The van der Waals surface area contributed by atoms with Crippen LogP contribution in [0.4, 0.5) is 5.82 Å². The maximum atomic E-state index is 12.6. The van der Waals surface area contributed by atoms with Crippen LogP contribution >= 0.6 is 27.5 Å². The number of hydrogen-bond acceptors (Lipinski definition) is 5. The Morgan fingerprint density at radius 3 is 2.87 bits per heavy atom. The number of amides is 1. The smallest absolute Gasteiger partial charge is 0.259 e. The van der Waals surface area contributed by atoms with Gasteiger partial charge in [0.25, 0.3) is 5.91 Å². The van der Waals surface area contributed by atoms with Crippen molar-refractivity contribution in [3.8, 4) is 11.3 Å². The van der Waals surface area contributed by atoms with Gasteiger partial charge in [-0.25, -0.2) is 14.0 Å². The number of aryl methyl sites for hydroxylation is 1. The Bertz CT molecular complexity index is 1200. The number of halogens is 1. The van der Waals surface area contributed by atoms with Gasteiger partial charge in [-0.1, -0.05) is 49.9 Å². The molecule has 1 radical (unpaired) electrons. The van der Waals surface area contributed by atoms with E-state index in [1.807, 2.05) is 35.0 Å². The Hall–Kier alpha value is -2.58. The number of carbonyl (C=O) groups is 1. The number of carbonyl (C=O) groups excluding carboxylic acids is 1. The van der Waals surface area contributed by atoms with Crippen molar-refractivity contribution in [2.45, 2.75) is 38.6 Å². The van der Waals surface area contributed by atoms with E-state index in [4.69, 9.17) is 10.1 Å². The molecule has 1 saturated carbocycles. The van der Waals surface area contributed by atoms with Crippen LogP contribution in [0.25, 0.3) is 22.3 Å². The van der Waals surface area contributed by atoms with E-state index in [0.717, 1.165) is 45.6 Å². The summed E-state index contributed by atoms with van der Waals surface area (Å²) in [4.78, 5) is 17.6. The fraction of sp³-hybridized carbons (Fsp3) is 0.304. The summed E-state index contributed by atoms with van der Waals surface area (Å²) in [6, 6.07) is 12.8. The minimum Gasteiger partial charge on any atom is -0.304 e. The Balaban J connectivity index is 1.49. The minimum atomic E-state index is -0.215. The molecule has 0 aliphatic heterocycles. The minimum absolute atomic E-state index is 0.215. The molecule has 3 heterocycles. The van der Waals surface area contributed by atoms with Crippen LogP contribution in [0.3, 0.4) is 0 Å². The van der Waals surface area contributed by atoms with Gasteiger partial charge < -0.3 is 5.32 Å². The molecule has 0 unspecified atom stereocenters. The molecule has 1 aliphatic rings. The van der Waals surface area contributed by atoms with E-state index in [1.165, 1.54) is 37.2 Å². The molecule has 1 aromatic carbocycles. The van der Waals surface area contributed by atoms with Crippen molar-refractivity contribution >= 4 is 50.2 Å². The van der Waals surface area contributed by atoms with Gasteiger partial charge in [-0.3, -0.25) is 4.79 Å². The predicted molar refractivity (Wildman–Crippen MR) is 126 cm³/mol. The predicted octanol–water partition coefficient (Wildman–Crippen LogP) is 5.95. The fourth-order valence-electron chi connectivity index (χ4n) is 3.67. The number of aromatic nitrogens is 4. The second kappa shape index (κ2) is 8.88. The second-order valence-electron chi connectivity index (χ2n) is 7.86. The van der Waals surface area contributed by atoms with Gasteiger partial charge in [0.15, 0.2) is 11.5 Å². The highest BCUT2D eigenvalue weighted by Gasteiger charge is 2.21. The Morgan fingerprint density at radius 2 is 2.13 bits per heavy atom. The topological polar surface area (TPSA) is 72.7 Å². The first-order valence-corrected chi connectivity index (χ1v) is 12.1. The van der Waals surface area contributed by atoms with Crippen LogP contribution in [0.1, 0.15) is 42.5 Å². The molecule has 157 valence electrons. The van der Waals surface area contributed by atoms with Crippen LogP contribution in [0.15, 0.2) is 46.4 Å². The zero-order valence-electron chi connectivity index (χ0n) is 16.8. The molecular formula is C23H21BrN5OS. The van der Waals surface area contributed by atoms with E-state index in [-0.39, 0.29) is 5.91 Å². The summed E-state index contributed by atoms with van der Waals surface area (Å²) in [6.07, 6.45) is 7.85. The monoisotopic (exact) mass is 494 g/mol. The van der Waals surface area contributed by atoms with E-state index in [2.05, 4.69) is 31.7 Å². The number of benzene rings is 1. The molecule has 1 amide bonds. The number of nitrogens with zero attached hydrogens (tertiary/aromatic N) is 4. The summed E-state index contributed by atoms with van der Waals surface area (Å²) in [5, 5.41) is 10.2. The number of rotatable bonds is 8. The molecule has 0 saturated heterocycles. The first kappa shape index (κ1) is 20.3. The van der Waals surface area contributed by atoms with E-state index in [0.29, 0.717) is 11.4 Å². The van der Waals surface area contributed by atoms with Crippen LogP contribution < -0.4 is 5.32 Å². The lowest BCUT2D eigenvalue weighted by molar-refractivity contribution is 0.102. The van der Waals surface area contributed by atoms with Crippen molar-refractivity contribution in [1.29, 1.82) is 0 Å². The lowest BCUT2D eigenvalue weighted by Crippen LogP contribution is -2.12. The molecule has 1 aliphatic carbocycles. The standard InChI is InChI=1S/C23H21BrN5OS/c24-19-12-18-21(27-23(30)17-13-25-31-14-17)28-29(11-5-4-6-15-9-10-15)22(18)26-20(19)16-7-2-1-3-8-16/h2-3,7-8,12-15H,4-6,9-11H2,(H,27,28,30). The first-order chi connectivity index (χ1) is 15.2. The van der Waals surface area contributed by atoms with Crippen molar-refractivity contribution in [3.05, 3.63) is 58.0 Å². The fourth-order valence-corrected chi connectivity index (χ4v) is 4.73. The van der Waals surface area contributed by atoms with Crippen molar-refractivity contribution in [2.24, 2.45) is 5.92 Å². The van der Waals surface area contributed by atoms with Gasteiger partial charge in [-0.05, 0) is 51.9 Å². The normalized spacial score (nSPS) is 13.6. The molecule has 1 N–H and O–H groups in total.